The van der Waals surface area contributed by atoms with Crippen LogP contribution in [0.5, 0.6) is 0 Å². The maximum Gasteiger partial charge on any atom is 0.267 e. The second-order valence-corrected chi connectivity index (χ2v) is 10.1. The van der Waals surface area contributed by atoms with Crippen LogP contribution in [0.25, 0.3) is 15.9 Å². The molecule has 0 aliphatic carbocycles. The highest BCUT2D eigenvalue weighted by atomic mass is 32.2. The van der Waals surface area contributed by atoms with Crippen LogP contribution in [0.15, 0.2) is 28.2 Å². The van der Waals surface area contributed by atoms with Gasteiger partial charge < -0.3 is 4.90 Å². The van der Waals surface area contributed by atoms with Crippen molar-refractivity contribution in [1.82, 2.24) is 14.5 Å². The Morgan fingerprint density at radius 1 is 1.10 bits per heavy atom. The van der Waals surface area contributed by atoms with E-state index < -0.39 is 0 Å². The summed E-state index contributed by atoms with van der Waals surface area (Å²) in [6, 6.07) is 6.01. The highest BCUT2D eigenvalue weighted by molar-refractivity contribution is 7.99. The number of fused-ring (bicyclic) bond motifs is 1. The molecule has 0 N–H and O–H groups in total. The van der Waals surface area contributed by atoms with Gasteiger partial charge in [-0.3, -0.25) is 14.2 Å². The van der Waals surface area contributed by atoms with Gasteiger partial charge in [0.2, 0.25) is 5.91 Å². The van der Waals surface area contributed by atoms with Gasteiger partial charge in [0.25, 0.3) is 5.56 Å². The molecule has 7 heteroatoms. The average molecular weight is 442 g/mol. The Morgan fingerprint density at radius 3 is 2.53 bits per heavy atom. The minimum atomic E-state index is -0.0574. The molecule has 0 unspecified atom stereocenters. The van der Waals surface area contributed by atoms with Crippen LogP contribution in [-0.4, -0.2) is 39.2 Å². The monoisotopic (exact) mass is 441 g/mol. The van der Waals surface area contributed by atoms with Gasteiger partial charge in [-0.05, 0) is 75.8 Å². The number of likely N-dealkylation sites (tertiary alicyclic amines) is 1. The summed E-state index contributed by atoms with van der Waals surface area (Å²) in [6.07, 6.45) is 3.34. The molecule has 0 atom stereocenters. The largest absolute Gasteiger partial charge is 0.342 e. The zero-order valence-corrected chi connectivity index (χ0v) is 19.6. The van der Waals surface area contributed by atoms with Crippen molar-refractivity contribution in [2.24, 2.45) is 0 Å². The topological polar surface area (TPSA) is 55.2 Å². The van der Waals surface area contributed by atoms with E-state index in [-0.39, 0.29) is 11.5 Å². The fraction of sp³-hybridized carbons (Fsp3) is 0.435. The van der Waals surface area contributed by atoms with E-state index in [2.05, 4.69) is 6.92 Å². The van der Waals surface area contributed by atoms with E-state index in [0.29, 0.717) is 16.3 Å². The Labute approximate surface area is 185 Å². The van der Waals surface area contributed by atoms with Crippen molar-refractivity contribution >= 4 is 39.2 Å². The van der Waals surface area contributed by atoms with Gasteiger partial charge in [-0.1, -0.05) is 17.8 Å². The zero-order chi connectivity index (χ0) is 21.4. The molecule has 1 aromatic carbocycles. The number of thioether (sulfide) groups is 1. The Hall–Kier alpha value is -2.12. The third kappa shape index (κ3) is 3.93. The Morgan fingerprint density at radius 2 is 1.83 bits per heavy atom. The van der Waals surface area contributed by atoms with Crippen LogP contribution in [0.2, 0.25) is 0 Å². The summed E-state index contributed by atoms with van der Waals surface area (Å²) >= 11 is 2.91. The van der Waals surface area contributed by atoms with Crippen molar-refractivity contribution in [1.29, 1.82) is 0 Å². The van der Waals surface area contributed by atoms with Crippen molar-refractivity contribution in [3.8, 4) is 5.69 Å². The molecular weight excluding hydrogens is 414 g/mol. The summed E-state index contributed by atoms with van der Waals surface area (Å²) in [5.41, 5.74) is 4.04. The second-order valence-electron chi connectivity index (χ2n) is 8.00. The molecular formula is C23H27N3O2S2. The Bertz CT molecular complexity index is 1170. The van der Waals surface area contributed by atoms with Gasteiger partial charge in [0, 0.05) is 18.0 Å². The van der Waals surface area contributed by atoms with Crippen LogP contribution in [0.4, 0.5) is 0 Å². The van der Waals surface area contributed by atoms with E-state index in [9.17, 15) is 9.59 Å². The number of rotatable bonds is 4. The van der Waals surface area contributed by atoms with Crippen molar-refractivity contribution in [3.63, 3.8) is 0 Å². The maximum atomic E-state index is 13.5. The lowest BCUT2D eigenvalue weighted by Gasteiger charge is -2.26. The van der Waals surface area contributed by atoms with Crippen molar-refractivity contribution in [2.45, 2.75) is 52.1 Å². The van der Waals surface area contributed by atoms with E-state index in [0.717, 1.165) is 52.5 Å². The van der Waals surface area contributed by atoms with E-state index in [4.69, 9.17) is 4.98 Å². The molecule has 0 bridgehead atoms. The quantitative estimate of drug-likeness (QED) is 0.432. The number of carbonyl (C=O) groups excluding carboxylic acids is 1. The van der Waals surface area contributed by atoms with Gasteiger partial charge in [0.15, 0.2) is 5.16 Å². The predicted octanol–water partition coefficient (Wildman–Crippen LogP) is 4.79. The fourth-order valence-corrected chi connectivity index (χ4v) is 5.81. The van der Waals surface area contributed by atoms with Gasteiger partial charge in [-0.2, -0.15) is 0 Å². The van der Waals surface area contributed by atoms with Crippen LogP contribution in [0.3, 0.4) is 0 Å². The average Bonchev–Trinajstić information content (AvgIpc) is 3.03. The molecule has 3 heterocycles. The number of nitrogens with zero attached hydrogens (tertiary/aromatic N) is 3. The van der Waals surface area contributed by atoms with Crippen molar-refractivity contribution in [2.75, 3.05) is 18.8 Å². The number of hydrogen-bond acceptors (Lipinski definition) is 5. The fourth-order valence-electron chi connectivity index (χ4n) is 3.83. The summed E-state index contributed by atoms with van der Waals surface area (Å²) in [4.78, 5) is 34.9. The predicted molar refractivity (Wildman–Crippen MR) is 125 cm³/mol. The highest BCUT2D eigenvalue weighted by Gasteiger charge is 2.21. The first kappa shape index (κ1) is 21.1. The van der Waals surface area contributed by atoms with Gasteiger partial charge in [-0.15, -0.1) is 11.3 Å². The number of aryl methyl sites for hydroxylation is 4. The maximum absolute atomic E-state index is 13.5. The third-order valence-electron chi connectivity index (χ3n) is 5.95. The Balaban J connectivity index is 1.77. The molecule has 158 valence electrons. The standard InChI is InChI=1S/C23H27N3O2S2/c1-14-8-9-18(12-15(14)2)26-22(28)20-16(3)17(4)30-21(20)24-23(26)29-13-19(27)25-10-6-5-7-11-25/h8-9,12H,5-7,10-11,13H2,1-4H3. The number of carbonyl (C=O) groups is 1. The van der Waals surface area contributed by atoms with Crippen LogP contribution >= 0.6 is 23.1 Å². The number of amides is 1. The molecule has 0 spiro atoms. The molecule has 5 nitrogen and oxygen atoms in total. The Kier molecular flexibility index (Phi) is 6.02. The molecule has 1 aliphatic heterocycles. The van der Waals surface area contributed by atoms with Crippen LogP contribution in [0, 0.1) is 27.7 Å². The highest BCUT2D eigenvalue weighted by Crippen LogP contribution is 2.30. The van der Waals surface area contributed by atoms with Crippen molar-refractivity contribution in [3.05, 3.63) is 50.1 Å². The number of hydrogen-bond donors (Lipinski definition) is 0. The summed E-state index contributed by atoms with van der Waals surface area (Å²) in [6.45, 7) is 9.77. The lowest BCUT2D eigenvalue weighted by molar-refractivity contribution is -0.129. The molecule has 1 fully saturated rings. The smallest absolute Gasteiger partial charge is 0.267 e. The minimum absolute atomic E-state index is 0.0574. The van der Waals surface area contributed by atoms with Gasteiger partial charge in [0.1, 0.15) is 4.83 Å². The van der Waals surface area contributed by atoms with E-state index in [1.165, 1.54) is 23.7 Å². The number of aromatic nitrogens is 2. The zero-order valence-electron chi connectivity index (χ0n) is 17.9. The minimum Gasteiger partial charge on any atom is -0.342 e. The van der Waals surface area contributed by atoms with Crippen molar-refractivity contribution < 1.29 is 4.79 Å². The van der Waals surface area contributed by atoms with E-state index in [1.807, 2.05) is 43.9 Å². The van der Waals surface area contributed by atoms with Gasteiger partial charge in [0.05, 0.1) is 16.8 Å². The molecule has 1 amide bonds. The molecule has 1 saturated heterocycles. The second kappa shape index (κ2) is 8.55. The molecule has 4 rings (SSSR count). The number of benzene rings is 1. The van der Waals surface area contributed by atoms with E-state index >= 15 is 0 Å². The van der Waals surface area contributed by atoms with Crippen LogP contribution < -0.4 is 5.56 Å². The molecule has 2 aromatic heterocycles. The molecule has 30 heavy (non-hydrogen) atoms. The summed E-state index contributed by atoms with van der Waals surface area (Å²) < 4.78 is 1.68. The first-order valence-corrected chi connectivity index (χ1v) is 12.2. The van der Waals surface area contributed by atoms with Gasteiger partial charge in [-0.25, -0.2) is 4.98 Å². The first-order chi connectivity index (χ1) is 14.4. The van der Waals surface area contributed by atoms with E-state index in [1.54, 1.807) is 15.9 Å². The molecule has 1 aliphatic rings. The summed E-state index contributed by atoms with van der Waals surface area (Å²) in [7, 11) is 0. The van der Waals surface area contributed by atoms with Gasteiger partial charge >= 0.3 is 0 Å². The van der Waals surface area contributed by atoms with Crippen LogP contribution in [0.1, 0.15) is 40.8 Å². The molecule has 0 radical (unpaired) electrons. The molecule has 3 aromatic rings. The first-order valence-electron chi connectivity index (χ1n) is 10.4. The summed E-state index contributed by atoms with van der Waals surface area (Å²) in [5.74, 6) is 0.422. The summed E-state index contributed by atoms with van der Waals surface area (Å²) in [5, 5.41) is 1.27. The SMILES string of the molecule is Cc1ccc(-n2c(SCC(=O)N3CCCCC3)nc3sc(C)c(C)c3c2=O)cc1C. The van der Waals surface area contributed by atoms with Crippen LogP contribution in [-0.2, 0) is 4.79 Å². The normalized spacial score (nSPS) is 14.5. The molecule has 0 saturated carbocycles. The lowest BCUT2D eigenvalue weighted by Crippen LogP contribution is -2.36. The lowest BCUT2D eigenvalue weighted by atomic mass is 10.1. The number of thiophene rings is 1. The number of piperidine rings is 1. The third-order valence-corrected chi connectivity index (χ3v) is 7.98.